The monoisotopic (exact) mass is 308 g/mol. The molecule has 5 nitrogen and oxygen atoms in total. The van der Waals surface area contributed by atoms with Crippen LogP contribution in [0.1, 0.15) is 18.2 Å². The molecule has 0 aliphatic heterocycles. The molecule has 21 heavy (non-hydrogen) atoms. The standard InChI is InChI=1S/C15H17ClN2O3/c1-10(15(19)18-9-12-5-3-7-20-12)21-14-11(8-17)4-2-6-13(14)16/h2-7,10H,8-9,17H2,1H3,(H,18,19). The van der Waals surface area contributed by atoms with E-state index in [0.29, 0.717) is 23.1 Å². The number of nitrogens with two attached hydrogens (primary N) is 1. The highest BCUT2D eigenvalue weighted by atomic mass is 35.5. The summed E-state index contributed by atoms with van der Waals surface area (Å²) < 4.78 is 10.8. The van der Waals surface area contributed by atoms with E-state index in [0.717, 1.165) is 5.56 Å². The van der Waals surface area contributed by atoms with Crippen LogP contribution >= 0.6 is 11.6 Å². The first-order valence-corrected chi connectivity index (χ1v) is 6.94. The van der Waals surface area contributed by atoms with Gasteiger partial charge >= 0.3 is 0 Å². The largest absolute Gasteiger partial charge is 0.479 e. The maximum atomic E-state index is 12.0. The summed E-state index contributed by atoms with van der Waals surface area (Å²) in [6.07, 6.45) is 0.865. The number of furan rings is 1. The van der Waals surface area contributed by atoms with Crippen molar-refractivity contribution in [2.45, 2.75) is 26.1 Å². The minimum atomic E-state index is -0.690. The molecule has 1 heterocycles. The molecule has 112 valence electrons. The number of hydrogen-bond acceptors (Lipinski definition) is 4. The van der Waals surface area contributed by atoms with E-state index in [-0.39, 0.29) is 12.5 Å². The zero-order valence-electron chi connectivity index (χ0n) is 11.6. The fraction of sp³-hybridized carbons (Fsp3) is 0.267. The number of benzene rings is 1. The average Bonchev–Trinajstić information content (AvgIpc) is 3.00. The molecule has 1 unspecified atom stereocenters. The lowest BCUT2D eigenvalue weighted by atomic mass is 10.2. The van der Waals surface area contributed by atoms with Crippen LogP contribution in [0.15, 0.2) is 41.0 Å². The van der Waals surface area contributed by atoms with E-state index >= 15 is 0 Å². The predicted molar refractivity (Wildman–Crippen MR) is 80.0 cm³/mol. The van der Waals surface area contributed by atoms with E-state index in [1.54, 1.807) is 37.5 Å². The van der Waals surface area contributed by atoms with E-state index in [1.807, 2.05) is 6.07 Å². The van der Waals surface area contributed by atoms with Crippen LogP contribution in [0.5, 0.6) is 5.75 Å². The molecular weight excluding hydrogens is 292 g/mol. The Balaban J connectivity index is 1.97. The Morgan fingerprint density at radius 2 is 2.24 bits per heavy atom. The molecule has 1 aromatic carbocycles. The number of ether oxygens (including phenoxy) is 1. The maximum Gasteiger partial charge on any atom is 0.261 e. The number of carbonyl (C=O) groups is 1. The molecule has 0 radical (unpaired) electrons. The van der Waals surface area contributed by atoms with Crippen LogP contribution in [-0.4, -0.2) is 12.0 Å². The fourth-order valence-corrected chi connectivity index (χ4v) is 2.05. The lowest BCUT2D eigenvalue weighted by Gasteiger charge is -2.17. The first-order chi connectivity index (χ1) is 10.1. The lowest BCUT2D eigenvalue weighted by molar-refractivity contribution is -0.127. The van der Waals surface area contributed by atoms with Crippen LogP contribution in [0, 0.1) is 0 Å². The molecule has 3 N–H and O–H groups in total. The Labute approximate surface area is 128 Å². The van der Waals surface area contributed by atoms with Gasteiger partial charge in [0, 0.05) is 12.1 Å². The van der Waals surface area contributed by atoms with Gasteiger partial charge in [-0.25, -0.2) is 0 Å². The van der Waals surface area contributed by atoms with Gasteiger partial charge in [-0.2, -0.15) is 0 Å². The van der Waals surface area contributed by atoms with Crippen molar-refractivity contribution in [3.05, 3.63) is 52.9 Å². The van der Waals surface area contributed by atoms with E-state index in [2.05, 4.69) is 5.32 Å². The average molecular weight is 309 g/mol. The van der Waals surface area contributed by atoms with Crippen molar-refractivity contribution in [1.82, 2.24) is 5.32 Å². The van der Waals surface area contributed by atoms with E-state index in [1.165, 1.54) is 0 Å². The number of halogens is 1. The van der Waals surface area contributed by atoms with E-state index < -0.39 is 6.10 Å². The normalized spacial score (nSPS) is 12.0. The van der Waals surface area contributed by atoms with Gasteiger partial charge in [0.25, 0.3) is 5.91 Å². The third-order valence-corrected chi connectivity index (χ3v) is 3.25. The summed E-state index contributed by atoms with van der Waals surface area (Å²) >= 11 is 6.09. The summed E-state index contributed by atoms with van der Waals surface area (Å²) in [6.45, 7) is 2.25. The quantitative estimate of drug-likeness (QED) is 0.859. The Morgan fingerprint density at radius 3 is 2.90 bits per heavy atom. The zero-order valence-corrected chi connectivity index (χ0v) is 12.4. The van der Waals surface area contributed by atoms with Crippen molar-refractivity contribution >= 4 is 17.5 Å². The van der Waals surface area contributed by atoms with Gasteiger partial charge in [0.2, 0.25) is 0 Å². The van der Waals surface area contributed by atoms with Crippen LogP contribution in [0.3, 0.4) is 0 Å². The highest BCUT2D eigenvalue weighted by molar-refractivity contribution is 6.32. The molecule has 0 saturated carbocycles. The van der Waals surface area contributed by atoms with Gasteiger partial charge in [0.1, 0.15) is 11.5 Å². The van der Waals surface area contributed by atoms with Crippen molar-refractivity contribution in [1.29, 1.82) is 0 Å². The fourth-order valence-electron chi connectivity index (χ4n) is 1.81. The van der Waals surface area contributed by atoms with Gasteiger partial charge in [0.05, 0.1) is 17.8 Å². The predicted octanol–water partition coefficient (Wildman–Crippen LogP) is 2.48. The smallest absolute Gasteiger partial charge is 0.261 e. The Bertz CT molecular complexity index is 599. The highest BCUT2D eigenvalue weighted by Crippen LogP contribution is 2.29. The number of carbonyl (C=O) groups excluding carboxylic acids is 1. The molecule has 0 fully saturated rings. The summed E-state index contributed by atoms with van der Waals surface area (Å²) in [6, 6.07) is 8.85. The van der Waals surface area contributed by atoms with Crippen molar-refractivity contribution in [3.8, 4) is 5.75 Å². The first kappa shape index (κ1) is 15.4. The van der Waals surface area contributed by atoms with E-state index in [9.17, 15) is 4.79 Å². The highest BCUT2D eigenvalue weighted by Gasteiger charge is 2.18. The van der Waals surface area contributed by atoms with E-state index in [4.69, 9.17) is 26.5 Å². The maximum absolute atomic E-state index is 12.0. The Kier molecular flexibility index (Phi) is 5.25. The molecule has 0 spiro atoms. The molecule has 1 amide bonds. The van der Waals surface area contributed by atoms with Crippen LogP contribution in [-0.2, 0) is 17.9 Å². The number of amides is 1. The van der Waals surface area contributed by atoms with Crippen molar-refractivity contribution in [2.75, 3.05) is 0 Å². The Hall–Kier alpha value is -1.98. The van der Waals surface area contributed by atoms with Gasteiger partial charge in [-0.15, -0.1) is 0 Å². The molecule has 2 aromatic rings. The summed E-state index contributed by atoms with van der Waals surface area (Å²) in [7, 11) is 0. The molecule has 0 saturated heterocycles. The van der Waals surface area contributed by atoms with Gasteiger partial charge in [0.15, 0.2) is 6.10 Å². The number of rotatable bonds is 6. The topological polar surface area (TPSA) is 77.5 Å². The SMILES string of the molecule is CC(Oc1c(Cl)cccc1CN)C(=O)NCc1ccco1. The Morgan fingerprint density at radius 1 is 1.43 bits per heavy atom. The van der Waals surface area contributed by atoms with Crippen molar-refractivity contribution in [3.63, 3.8) is 0 Å². The molecule has 0 aliphatic carbocycles. The minimum absolute atomic E-state index is 0.255. The molecule has 0 bridgehead atoms. The second-order valence-corrected chi connectivity index (χ2v) is 4.90. The minimum Gasteiger partial charge on any atom is -0.479 e. The van der Waals surface area contributed by atoms with Gasteiger partial charge < -0.3 is 20.2 Å². The summed E-state index contributed by atoms with van der Waals surface area (Å²) in [5.41, 5.74) is 6.40. The molecule has 6 heteroatoms. The molecular formula is C15H17ClN2O3. The molecule has 1 atom stereocenters. The van der Waals surface area contributed by atoms with Gasteiger partial charge in [-0.1, -0.05) is 23.7 Å². The van der Waals surface area contributed by atoms with Crippen LogP contribution in [0.2, 0.25) is 5.02 Å². The third-order valence-electron chi connectivity index (χ3n) is 2.95. The summed E-state index contributed by atoms with van der Waals surface area (Å²) in [5.74, 6) is 0.868. The van der Waals surface area contributed by atoms with Gasteiger partial charge in [-0.3, -0.25) is 4.79 Å². The number of nitrogens with one attached hydrogen (secondary N) is 1. The second-order valence-electron chi connectivity index (χ2n) is 4.49. The van der Waals surface area contributed by atoms with Crippen LogP contribution in [0.25, 0.3) is 0 Å². The van der Waals surface area contributed by atoms with Gasteiger partial charge in [-0.05, 0) is 25.1 Å². The molecule has 2 rings (SSSR count). The molecule has 0 aliphatic rings. The van der Waals surface area contributed by atoms with Crippen molar-refractivity contribution < 1.29 is 13.9 Å². The van der Waals surface area contributed by atoms with Crippen molar-refractivity contribution in [2.24, 2.45) is 5.73 Å². The number of hydrogen-bond donors (Lipinski definition) is 2. The molecule has 1 aromatic heterocycles. The zero-order chi connectivity index (χ0) is 15.2. The van der Waals surface area contributed by atoms with Crippen LogP contribution in [0.4, 0.5) is 0 Å². The third kappa shape index (κ3) is 4.00. The second kappa shape index (κ2) is 7.15. The summed E-state index contributed by atoms with van der Waals surface area (Å²) in [5, 5.41) is 3.16. The van der Waals surface area contributed by atoms with Crippen LogP contribution < -0.4 is 15.8 Å². The summed E-state index contributed by atoms with van der Waals surface area (Å²) in [4.78, 5) is 12.0. The number of para-hydroxylation sites is 1. The lowest BCUT2D eigenvalue weighted by Crippen LogP contribution is -2.36. The first-order valence-electron chi connectivity index (χ1n) is 6.56.